The maximum absolute atomic E-state index is 10.7. The quantitative estimate of drug-likeness (QED) is 0.923. The molecule has 1 N–H and O–H groups in total. The average Bonchev–Trinajstić information content (AvgIpc) is 2.16. The lowest BCUT2D eigenvalue weighted by atomic mass is 9.93. The fourth-order valence-corrected chi connectivity index (χ4v) is 2.35. The van der Waals surface area contributed by atoms with Crippen LogP contribution in [-0.2, 0) is 4.79 Å². The van der Waals surface area contributed by atoms with Gasteiger partial charge in [-0.05, 0) is 52.0 Å². The van der Waals surface area contributed by atoms with Crippen LogP contribution in [0.1, 0.15) is 30.4 Å². The normalized spacial score (nSPS) is 12.2. The molecule has 3 nitrogen and oxygen atoms in total. The molecule has 1 atom stereocenters. The minimum atomic E-state index is -0.784. The van der Waals surface area contributed by atoms with Crippen LogP contribution in [0.15, 0.2) is 16.6 Å². The number of hydrogen-bond donors (Lipinski definition) is 1. The standard InChI is InChI=1S/C12H15BrO3/c1-7-4-10(13)11(16-3)6-9(7)8(2)5-12(14)15/h4,6,8H,5H2,1-3H3,(H,14,15). The zero-order valence-corrected chi connectivity index (χ0v) is 11.2. The molecular formula is C12H15BrO3. The van der Waals surface area contributed by atoms with Gasteiger partial charge in [-0.15, -0.1) is 0 Å². The first-order valence-electron chi connectivity index (χ1n) is 5.01. The summed E-state index contributed by atoms with van der Waals surface area (Å²) in [5.41, 5.74) is 2.09. The van der Waals surface area contributed by atoms with Crippen molar-refractivity contribution in [3.05, 3.63) is 27.7 Å². The van der Waals surface area contributed by atoms with Gasteiger partial charge < -0.3 is 9.84 Å². The molecule has 0 saturated heterocycles. The Morgan fingerprint density at radius 3 is 2.69 bits per heavy atom. The second-order valence-electron chi connectivity index (χ2n) is 3.84. The van der Waals surface area contributed by atoms with E-state index in [0.29, 0.717) is 0 Å². The van der Waals surface area contributed by atoms with Crippen molar-refractivity contribution in [3.63, 3.8) is 0 Å². The number of benzene rings is 1. The highest BCUT2D eigenvalue weighted by molar-refractivity contribution is 9.10. The second kappa shape index (κ2) is 5.34. The van der Waals surface area contributed by atoms with Gasteiger partial charge in [0.05, 0.1) is 18.0 Å². The Morgan fingerprint density at radius 2 is 2.19 bits per heavy atom. The Balaban J connectivity index is 3.08. The number of carbonyl (C=O) groups is 1. The van der Waals surface area contributed by atoms with E-state index in [1.165, 1.54) is 0 Å². The third kappa shape index (κ3) is 2.98. The summed E-state index contributed by atoms with van der Waals surface area (Å²) < 4.78 is 6.09. The molecule has 0 aliphatic rings. The average molecular weight is 287 g/mol. The molecule has 1 unspecified atom stereocenters. The molecule has 0 aliphatic carbocycles. The Hall–Kier alpha value is -1.03. The lowest BCUT2D eigenvalue weighted by Gasteiger charge is -2.15. The van der Waals surface area contributed by atoms with Crippen LogP contribution in [0.5, 0.6) is 5.75 Å². The van der Waals surface area contributed by atoms with Crippen LogP contribution in [0.25, 0.3) is 0 Å². The molecule has 88 valence electrons. The fraction of sp³-hybridized carbons (Fsp3) is 0.417. The topological polar surface area (TPSA) is 46.5 Å². The maximum atomic E-state index is 10.7. The van der Waals surface area contributed by atoms with Crippen LogP contribution in [-0.4, -0.2) is 18.2 Å². The molecule has 0 fully saturated rings. The first kappa shape index (κ1) is 13.0. The highest BCUT2D eigenvalue weighted by Gasteiger charge is 2.14. The van der Waals surface area contributed by atoms with Gasteiger partial charge in [0.1, 0.15) is 5.75 Å². The van der Waals surface area contributed by atoms with E-state index < -0.39 is 5.97 Å². The molecule has 0 saturated carbocycles. The maximum Gasteiger partial charge on any atom is 0.303 e. The van der Waals surface area contributed by atoms with Gasteiger partial charge in [0.2, 0.25) is 0 Å². The first-order chi connectivity index (χ1) is 7.45. The van der Waals surface area contributed by atoms with E-state index in [1.807, 2.05) is 26.0 Å². The van der Waals surface area contributed by atoms with Crippen molar-refractivity contribution < 1.29 is 14.6 Å². The molecule has 0 aromatic heterocycles. The summed E-state index contributed by atoms with van der Waals surface area (Å²) in [5, 5.41) is 8.78. The van der Waals surface area contributed by atoms with Crippen LogP contribution in [0.4, 0.5) is 0 Å². The lowest BCUT2D eigenvalue weighted by molar-refractivity contribution is -0.137. The van der Waals surface area contributed by atoms with Gasteiger partial charge in [-0.1, -0.05) is 6.92 Å². The summed E-state index contributed by atoms with van der Waals surface area (Å²) in [4.78, 5) is 10.7. The second-order valence-corrected chi connectivity index (χ2v) is 4.70. The number of carboxylic acid groups (broad SMARTS) is 1. The van der Waals surface area contributed by atoms with Gasteiger partial charge in [0, 0.05) is 0 Å². The number of aryl methyl sites for hydroxylation is 1. The molecule has 1 aromatic rings. The van der Waals surface area contributed by atoms with Crippen molar-refractivity contribution in [2.45, 2.75) is 26.2 Å². The minimum absolute atomic E-state index is 0.0144. The number of carboxylic acids is 1. The van der Waals surface area contributed by atoms with Crippen LogP contribution in [0.3, 0.4) is 0 Å². The van der Waals surface area contributed by atoms with E-state index in [-0.39, 0.29) is 12.3 Å². The third-order valence-corrected chi connectivity index (χ3v) is 3.17. The van der Waals surface area contributed by atoms with Gasteiger partial charge in [-0.25, -0.2) is 0 Å². The molecule has 4 heteroatoms. The fourth-order valence-electron chi connectivity index (χ4n) is 1.73. The Labute approximate surface area is 104 Å². The first-order valence-corrected chi connectivity index (χ1v) is 5.80. The zero-order valence-electron chi connectivity index (χ0n) is 9.58. The molecule has 1 aromatic carbocycles. The van der Waals surface area contributed by atoms with Crippen molar-refractivity contribution in [3.8, 4) is 5.75 Å². The summed E-state index contributed by atoms with van der Waals surface area (Å²) in [6, 6.07) is 3.85. The zero-order chi connectivity index (χ0) is 12.3. The van der Waals surface area contributed by atoms with Gasteiger partial charge in [-0.2, -0.15) is 0 Å². The molecule has 0 spiro atoms. The van der Waals surface area contributed by atoms with E-state index in [9.17, 15) is 4.79 Å². The molecule has 16 heavy (non-hydrogen) atoms. The molecule has 0 bridgehead atoms. The predicted octanol–water partition coefficient (Wildman–Crippen LogP) is 3.34. The van der Waals surface area contributed by atoms with Gasteiger partial charge in [0.25, 0.3) is 0 Å². The van der Waals surface area contributed by atoms with E-state index in [0.717, 1.165) is 21.3 Å². The summed E-state index contributed by atoms with van der Waals surface area (Å²) in [5.74, 6) is -0.0638. The molecular weight excluding hydrogens is 272 g/mol. The molecule has 1 rings (SSSR count). The van der Waals surface area contributed by atoms with Gasteiger partial charge in [0.15, 0.2) is 0 Å². The van der Waals surface area contributed by atoms with Crippen molar-refractivity contribution in [1.29, 1.82) is 0 Å². The smallest absolute Gasteiger partial charge is 0.303 e. The Kier molecular flexibility index (Phi) is 4.35. The van der Waals surface area contributed by atoms with Crippen molar-refractivity contribution in [2.24, 2.45) is 0 Å². The number of ether oxygens (including phenoxy) is 1. The molecule has 0 heterocycles. The highest BCUT2D eigenvalue weighted by atomic mass is 79.9. The van der Waals surface area contributed by atoms with Crippen LogP contribution < -0.4 is 4.74 Å². The number of methoxy groups -OCH3 is 1. The molecule has 0 radical (unpaired) electrons. The van der Waals surface area contributed by atoms with E-state index in [4.69, 9.17) is 9.84 Å². The number of rotatable bonds is 4. The van der Waals surface area contributed by atoms with Gasteiger partial charge >= 0.3 is 5.97 Å². The van der Waals surface area contributed by atoms with Gasteiger partial charge in [-0.3, -0.25) is 4.79 Å². The Morgan fingerprint density at radius 1 is 1.56 bits per heavy atom. The van der Waals surface area contributed by atoms with Crippen LogP contribution in [0, 0.1) is 6.92 Å². The largest absolute Gasteiger partial charge is 0.496 e. The third-order valence-electron chi connectivity index (χ3n) is 2.55. The summed E-state index contributed by atoms with van der Waals surface area (Å²) in [7, 11) is 1.60. The minimum Gasteiger partial charge on any atom is -0.496 e. The number of halogens is 1. The monoisotopic (exact) mass is 286 g/mol. The highest BCUT2D eigenvalue weighted by Crippen LogP contribution is 2.32. The van der Waals surface area contributed by atoms with Crippen LogP contribution in [0.2, 0.25) is 0 Å². The summed E-state index contributed by atoms with van der Waals surface area (Å²) in [6.07, 6.45) is 0.131. The predicted molar refractivity (Wildman–Crippen MR) is 66.1 cm³/mol. The summed E-state index contributed by atoms with van der Waals surface area (Å²) in [6.45, 7) is 3.88. The lowest BCUT2D eigenvalue weighted by Crippen LogP contribution is -2.05. The molecule has 0 amide bonds. The Bertz CT molecular complexity index is 401. The van der Waals surface area contributed by atoms with Crippen LogP contribution >= 0.6 is 15.9 Å². The summed E-state index contributed by atoms with van der Waals surface area (Å²) >= 11 is 3.40. The number of aliphatic carboxylic acids is 1. The van der Waals surface area contributed by atoms with E-state index in [1.54, 1.807) is 7.11 Å². The van der Waals surface area contributed by atoms with Crippen molar-refractivity contribution >= 4 is 21.9 Å². The van der Waals surface area contributed by atoms with E-state index >= 15 is 0 Å². The van der Waals surface area contributed by atoms with E-state index in [2.05, 4.69) is 15.9 Å². The van der Waals surface area contributed by atoms with Crippen molar-refractivity contribution in [2.75, 3.05) is 7.11 Å². The number of hydrogen-bond acceptors (Lipinski definition) is 2. The SMILES string of the molecule is COc1cc(C(C)CC(=O)O)c(C)cc1Br. The molecule has 0 aliphatic heterocycles. The van der Waals surface area contributed by atoms with Crippen molar-refractivity contribution in [1.82, 2.24) is 0 Å².